The van der Waals surface area contributed by atoms with Gasteiger partial charge in [0.25, 0.3) is 0 Å². The number of aromatic amines is 1. The SMILES string of the molecule is O=C1CNC(=O)[C@H](Cc2ccccc2)NC(=O)[C@H](Cc2c[nH]c3ccccc23)NC(=O)[C@H]2CCCN2C(=O)[C@@H](Cc2ccc(O)cc2)N1. The fourth-order valence-electron chi connectivity index (χ4n) is 6.44. The number of aromatic nitrogens is 1. The van der Waals surface area contributed by atoms with Gasteiger partial charge in [-0.05, 0) is 47.7 Å². The van der Waals surface area contributed by atoms with Gasteiger partial charge in [-0.1, -0.05) is 60.7 Å². The van der Waals surface area contributed by atoms with Gasteiger partial charge >= 0.3 is 0 Å². The zero-order chi connectivity index (χ0) is 33.6. The van der Waals surface area contributed by atoms with Crippen molar-refractivity contribution in [1.82, 2.24) is 31.2 Å². The van der Waals surface area contributed by atoms with E-state index in [9.17, 15) is 29.1 Å². The number of nitrogens with zero attached hydrogens (tertiary/aromatic N) is 1. The van der Waals surface area contributed by atoms with E-state index in [2.05, 4.69) is 26.3 Å². The summed E-state index contributed by atoms with van der Waals surface area (Å²) in [7, 11) is 0. The number of H-pyrrole nitrogens is 1. The maximum atomic E-state index is 14.0. The van der Waals surface area contributed by atoms with E-state index < -0.39 is 60.2 Å². The van der Waals surface area contributed by atoms with E-state index in [4.69, 9.17) is 0 Å². The van der Waals surface area contributed by atoms with E-state index in [0.717, 1.165) is 22.0 Å². The summed E-state index contributed by atoms with van der Waals surface area (Å²) in [6, 6.07) is 19.1. The number of aromatic hydroxyl groups is 1. The molecule has 12 nitrogen and oxygen atoms in total. The molecule has 6 rings (SSSR count). The highest BCUT2D eigenvalue weighted by atomic mass is 16.3. The molecule has 3 heterocycles. The molecule has 0 radical (unpaired) electrons. The molecule has 0 aliphatic carbocycles. The van der Waals surface area contributed by atoms with Crippen LogP contribution in [0.4, 0.5) is 0 Å². The average molecular weight is 651 g/mol. The number of nitrogens with one attached hydrogen (secondary N) is 5. The summed E-state index contributed by atoms with van der Waals surface area (Å²) in [5, 5.41) is 21.7. The highest BCUT2D eigenvalue weighted by Crippen LogP contribution is 2.23. The molecule has 0 bridgehead atoms. The number of phenols is 1. The van der Waals surface area contributed by atoms with Crippen LogP contribution in [-0.2, 0) is 43.2 Å². The number of rotatable bonds is 6. The quantitative estimate of drug-likeness (QED) is 0.185. The number of para-hydroxylation sites is 1. The summed E-state index contributed by atoms with van der Waals surface area (Å²) in [6.45, 7) is -0.132. The van der Waals surface area contributed by atoms with Crippen LogP contribution in [-0.4, -0.2) is 81.8 Å². The molecule has 1 aromatic heterocycles. The Morgan fingerprint density at radius 3 is 2.15 bits per heavy atom. The molecule has 0 saturated carbocycles. The first-order chi connectivity index (χ1) is 23.2. The van der Waals surface area contributed by atoms with Gasteiger partial charge < -0.3 is 36.3 Å². The number of fused-ring (bicyclic) bond motifs is 2. The first-order valence-electron chi connectivity index (χ1n) is 16.1. The van der Waals surface area contributed by atoms with Gasteiger partial charge in [0.2, 0.25) is 29.5 Å². The first-order valence-corrected chi connectivity index (χ1v) is 16.1. The van der Waals surface area contributed by atoms with Crippen molar-refractivity contribution in [3.05, 3.63) is 102 Å². The minimum absolute atomic E-state index is 0.0607. The average Bonchev–Trinajstić information content (AvgIpc) is 3.75. The van der Waals surface area contributed by atoms with Crippen LogP contribution in [0.3, 0.4) is 0 Å². The third kappa shape index (κ3) is 7.49. The van der Waals surface area contributed by atoms with E-state index in [1.54, 1.807) is 18.3 Å². The smallest absolute Gasteiger partial charge is 0.246 e. The second-order valence-corrected chi connectivity index (χ2v) is 12.3. The van der Waals surface area contributed by atoms with Crippen molar-refractivity contribution in [2.75, 3.05) is 13.1 Å². The van der Waals surface area contributed by atoms with Crippen LogP contribution in [0.2, 0.25) is 0 Å². The summed E-state index contributed by atoms with van der Waals surface area (Å²) in [6.07, 6.45) is 3.12. The maximum Gasteiger partial charge on any atom is 0.246 e. The summed E-state index contributed by atoms with van der Waals surface area (Å²) in [5.74, 6) is -2.63. The number of amides is 5. The van der Waals surface area contributed by atoms with Crippen LogP contribution < -0.4 is 21.3 Å². The Bertz CT molecular complexity index is 1810. The number of phenolic OH excluding ortho intramolecular Hbond substituents is 1. The minimum atomic E-state index is -1.07. The van der Waals surface area contributed by atoms with Crippen molar-refractivity contribution in [2.45, 2.75) is 56.3 Å². The summed E-state index contributed by atoms with van der Waals surface area (Å²) in [5.41, 5.74) is 3.15. The lowest BCUT2D eigenvalue weighted by Gasteiger charge is -2.30. The van der Waals surface area contributed by atoms with Gasteiger partial charge in [0.05, 0.1) is 6.54 Å². The van der Waals surface area contributed by atoms with Crippen LogP contribution in [0.5, 0.6) is 5.75 Å². The third-order valence-corrected chi connectivity index (χ3v) is 8.92. The summed E-state index contributed by atoms with van der Waals surface area (Å²) < 4.78 is 0. The predicted octanol–water partition coefficient (Wildman–Crippen LogP) is 1.48. The number of hydrogen-bond acceptors (Lipinski definition) is 6. The largest absolute Gasteiger partial charge is 0.508 e. The highest BCUT2D eigenvalue weighted by molar-refractivity contribution is 5.98. The van der Waals surface area contributed by atoms with Gasteiger partial charge in [-0.15, -0.1) is 0 Å². The molecular weight excluding hydrogens is 612 g/mol. The van der Waals surface area contributed by atoms with Crippen LogP contribution in [0.25, 0.3) is 10.9 Å². The second-order valence-electron chi connectivity index (χ2n) is 12.3. The van der Waals surface area contributed by atoms with E-state index in [1.807, 2.05) is 54.6 Å². The Hall–Kier alpha value is -5.65. The topological polar surface area (TPSA) is 173 Å². The molecule has 3 aromatic carbocycles. The lowest BCUT2D eigenvalue weighted by Crippen LogP contribution is -2.58. The van der Waals surface area contributed by atoms with Gasteiger partial charge in [-0.3, -0.25) is 24.0 Å². The molecule has 2 aliphatic rings. The van der Waals surface area contributed by atoms with Crippen LogP contribution in [0.1, 0.15) is 29.5 Å². The van der Waals surface area contributed by atoms with Crippen molar-refractivity contribution < 1.29 is 29.1 Å². The zero-order valence-electron chi connectivity index (χ0n) is 26.3. The molecule has 2 fully saturated rings. The van der Waals surface area contributed by atoms with Gasteiger partial charge in [0.1, 0.15) is 29.9 Å². The Kier molecular flexibility index (Phi) is 9.70. The standard InChI is InChI=1S/C36H38N6O6/c43-25-14-12-23(13-15-25)18-30-36(48)42-16-6-11-31(42)35(47)41-29(19-24-20-37-27-10-5-4-9-26(24)27)34(46)40-28(17-22-7-2-1-3-8-22)33(45)38-21-32(44)39-30/h1-5,7-10,12-15,20,28-31,37,43H,6,11,16-19,21H2,(H,38,45)(H,39,44)(H,40,46)(H,41,47)/t28-,29-,30+,31+/m0/s1. The molecule has 2 aliphatic heterocycles. The van der Waals surface area contributed by atoms with E-state index in [1.165, 1.54) is 17.0 Å². The molecule has 6 N–H and O–H groups in total. The van der Waals surface area contributed by atoms with Gasteiger partial charge in [0.15, 0.2) is 0 Å². The van der Waals surface area contributed by atoms with Gasteiger partial charge in [-0.25, -0.2) is 0 Å². The summed E-state index contributed by atoms with van der Waals surface area (Å²) >= 11 is 0. The Balaban J connectivity index is 1.33. The second kappa shape index (κ2) is 14.4. The van der Waals surface area contributed by atoms with Crippen molar-refractivity contribution in [1.29, 1.82) is 0 Å². The highest BCUT2D eigenvalue weighted by Gasteiger charge is 2.39. The number of carbonyl (C=O) groups excluding carboxylic acids is 5. The monoisotopic (exact) mass is 650 g/mol. The molecule has 0 unspecified atom stereocenters. The van der Waals surface area contributed by atoms with E-state index >= 15 is 0 Å². The number of carbonyl (C=O) groups is 5. The normalized spacial score (nSPS) is 22.6. The molecule has 248 valence electrons. The zero-order valence-corrected chi connectivity index (χ0v) is 26.3. The predicted molar refractivity (Wildman–Crippen MR) is 177 cm³/mol. The molecular formula is C36H38N6O6. The fourth-order valence-corrected chi connectivity index (χ4v) is 6.44. The van der Waals surface area contributed by atoms with E-state index in [-0.39, 0.29) is 25.0 Å². The molecule has 0 spiro atoms. The number of hydrogen-bond donors (Lipinski definition) is 6. The van der Waals surface area contributed by atoms with Gasteiger partial charge in [0, 0.05) is 42.9 Å². The molecule has 48 heavy (non-hydrogen) atoms. The van der Waals surface area contributed by atoms with Crippen molar-refractivity contribution in [3.63, 3.8) is 0 Å². The lowest BCUT2D eigenvalue weighted by molar-refractivity contribution is -0.142. The van der Waals surface area contributed by atoms with Gasteiger partial charge in [-0.2, -0.15) is 0 Å². The number of benzene rings is 3. The molecule has 2 saturated heterocycles. The Labute approximate surface area is 277 Å². The van der Waals surface area contributed by atoms with Crippen molar-refractivity contribution in [2.24, 2.45) is 0 Å². The van der Waals surface area contributed by atoms with Crippen molar-refractivity contribution >= 4 is 40.4 Å². The minimum Gasteiger partial charge on any atom is -0.508 e. The lowest BCUT2D eigenvalue weighted by atomic mass is 10.0. The van der Waals surface area contributed by atoms with Crippen LogP contribution in [0.15, 0.2) is 85.1 Å². The summed E-state index contributed by atoms with van der Waals surface area (Å²) in [4.78, 5) is 73.3. The molecule has 4 aromatic rings. The molecule has 5 amide bonds. The fraction of sp³-hybridized carbons (Fsp3) is 0.306. The Morgan fingerprint density at radius 1 is 0.688 bits per heavy atom. The first kappa shape index (κ1) is 32.3. The third-order valence-electron chi connectivity index (χ3n) is 8.92. The van der Waals surface area contributed by atoms with Crippen LogP contribution >= 0.6 is 0 Å². The maximum absolute atomic E-state index is 14.0. The Morgan fingerprint density at radius 2 is 1.35 bits per heavy atom. The van der Waals surface area contributed by atoms with Crippen LogP contribution in [0, 0.1) is 0 Å². The molecule has 4 atom stereocenters. The van der Waals surface area contributed by atoms with Crippen molar-refractivity contribution in [3.8, 4) is 5.75 Å². The van der Waals surface area contributed by atoms with E-state index in [0.29, 0.717) is 24.9 Å². The molecule has 12 heteroatoms.